The van der Waals surface area contributed by atoms with Gasteiger partial charge in [-0.15, -0.1) is 0 Å². The molecule has 1 atom stereocenters. The van der Waals surface area contributed by atoms with Crippen molar-refractivity contribution in [2.75, 3.05) is 18.1 Å². The van der Waals surface area contributed by atoms with Gasteiger partial charge in [-0.1, -0.05) is 36.8 Å². The Morgan fingerprint density at radius 2 is 2.00 bits per heavy atom. The maximum absolute atomic E-state index is 11.7. The summed E-state index contributed by atoms with van der Waals surface area (Å²) in [5.41, 5.74) is 2.35. The lowest BCUT2D eigenvalue weighted by Gasteiger charge is -2.14. The lowest BCUT2D eigenvalue weighted by atomic mass is 9.97. The SMILES string of the molecule is CCCS(=O)(=O)CCC(CO)Cc1cccc(C)c1. The average molecular weight is 284 g/mol. The lowest BCUT2D eigenvalue weighted by Crippen LogP contribution is -2.18. The van der Waals surface area contributed by atoms with Crippen LogP contribution in [0.4, 0.5) is 0 Å². The van der Waals surface area contributed by atoms with E-state index in [4.69, 9.17) is 0 Å². The van der Waals surface area contributed by atoms with Crippen molar-refractivity contribution in [3.63, 3.8) is 0 Å². The van der Waals surface area contributed by atoms with Crippen molar-refractivity contribution in [3.8, 4) is 0 Å². The molecule has 0 fully saturated rings. The summed E-state index contributed by atoms with van der Waals surface area (Å²) >= 11 is 0. The molecule has 0 aliphatic heterocycles. The van der Waals surface area contributed by atoms with Gasteiger partial charge in [0.05, 0.1) is 5.75 Å². The van der Waals surface area contributed by atoms with E-state index in [0.717, 1.165) is 12.0 Å². The van der Waals surface area contributed by atoms with Gasteiger partial charge in [0.15, 0.2) is 0 Å². The summed E-state index contributed by atoms with van der Waals surface area (Å²) in [5.74, 6) is 0.446. The van der Waals surface area contributed by atoms with Crippen LogP contribution in [0, 0.1) is 12.8 Å². The highest BCUT2D eigenvalue weighted by Gasteiger charge is 2.15. The first-order valence-electron chi connectivity index (χ1n) is 6.83. The van der Waals surface area contributed by atoms with Crippen LogP contribution < -0.4 is 0 Å². The van der Waals surface area contributed by atoms with Crippen molar-refractivity contribution in [2.45, 2.75) is 33.1 Å². The van der Waals surface area contributed by atoms with Gasteiger partial charge in [0.1, 0.15) is 9.84 Å². The molecule has 1 rings (SSSR count). The van der Waals surface area contributed by atoms with E-state index in [1.807, 2.05) is 32.0 Å². The second-order valence-corrected chi connectivity index (χ2v) is 7.49. The molecule has 19 heavy (non-hydrogen) atoms. The van der Waals surface area contributed by atoms with Crippen molar-refractivity contribution >= 4 is 9.84 Å². The summed E-state index contributed by atoms with van der Waals surface area (Å²) in [6.07, 6.45) is 1.93. The topological polar surface area (TPSA) is 54.4 Å². The molecule has 4 heteroatoms. The largest absolute Gasteiger partial charge is 0.396 e. The molecule has 0 radical (unpaired) electrons. The molecule has 0 heterocycles. The minimum atomic E-state index is -2.95. The Hall–Kier alpha value is -0.870. The van der Waals surface area contributed by atoms with Gasteiger partial charge in [0.2, 0.25) is 0 Å². The number of benzene rings is 1. The molecule has 1 N–H and O–H groups in total. The van der Waals surface area contributed by atoms with Crippen molar-refractivity contribution < 1.29 is 13.5 Å². The van der Waals surface area contributed by atoms with Crippen LogP contribution in [0.15, 0.2) is 24.3 Å². The van der Waals surface area contributed by atoms with Crippen molar-refractivity contribution in [3.05, 3.63) is 35.4 Å². The second kappa shape index (κ2) is 7.65. The summed E-state index contributed by atoms with van der Waals surface area (Å²) < 4.78 is 23.4. The van der Waals surface area contributed by atoms with E-state index in [-0.39, 0.29) is 24.0 Å². The highest BCUT2D eigenvalue weighted by molar-refractivity contribution is 7.91. The highest BCUT2D eigenvalue weighted by Crippen LogP contribution is 2.15. The Bertz CT molecular complexity index is 480. The number of hydrogen-bond donors (Lipinski definition) is 1. The van der Waals surface area contributed by atoms with Crippen LogP contribution in [0.2, 0.25) is 0 Å². The minimum absolute atomic E-state index is 0.0217. The lowest BCUT2D eigenvalue weighted by molar-refractivity contribution is 0.222. The number of aliphatic hydroxyl groups is 1. The molecule has 108 valence electrons. The van der Waals surface area contributed by atoms with Crippen LogP contribution in [-0.4, -0.2) is 31.6 Å². The molecule has 0 amide bonds. The molecule has 0 saturated carbocycles. The Balaban J connectivity index is 2.55. The Morgan fingerprint density at radius 3 is 2.58 bits per heavy atom. The number of sulfone groups is 1. The Morgan fingerprint density at radius 1 is 1.26 bits per heavy atom. The third-order valence-corrected chi connectivity index (χ3v) is 5.11. The van der Waals surface area contributed by atoms with Crippen molar-refractivity contribution in [1.82, 2.24) is 0 Å². The van der Waals surface area contributed by atoms with Gasteiger partial charge in [-0.25, -0.2) is 8.42 Å². The molecule has 0 aromatic heterocycles. The van der Waals surface area contributed by atoms with E-state index < -0.39 is 9.84 Å². The summed E-state index contributed by atoms with van der Waals surface area (Å²) in [6, 6.07) is 8.13. The standard InChI is InChI=1S/C15H24O3S/c1-3-8-19(17,18)9-7-15(12-16)11-14-6-4-5-13(2)10-14/h4-6,10,15-16H,3,7-9,11-12H2,1-2H3. The van der Waals surface area contributed by atoms with Gasteiger partial charge in [-0.3, -0.25) is 0 Å². The highest BCUT2D eigenvalue weighted by atomic mass is 32.2. The number of aryl methyl sites for hydroxylation is 1. The van der Waals surface area contributed by atoms with Gasteiger partial charge in [0.25, 0.3) is 0 Å². The first-order chi connectivity index (χ1) is 8.96. The van der Waals surface area contributed by atoms with Gasteiger partial charge >= 0.3 is 0 Å². The fourth-order valence-corrected chi connectivity index (χ4v) is 3.71. The zero-order valence-electron chi connectivity index (χ0n) is 11.8. The molecule has 1 aromatic carbocycles. The third kappa shape index (κ3) is 6.21. The molecule has 0 bridgehead atoms. The Labute approximate surface area is 116 Å². The zero-order valence-corrected chi connectivity index (χ0v) is 12.6. The van der Waals surface area contributed by atoms with Crippen LogP contribution >= 0.6 is 0 Å². The maximum Gasteiger partial charge on any atom is 0.150 e. The van der Waals surface area contributed by atoms with Crippen molar-refractivity contribution in [1.29, 1.82) is 0 Å². The first-order valence-corrected chi connectivity index (χ1v) is 8.66. The molecule has 0 saturated heterocycles. The third-order valence-electron chi connectivity index (χ3n) is 3.22. The molecular weight excluding hydrogens is 260 g/mol. The monoisotopic (exact) mass is 284 g/mol. The normalized spacial score (nSPS) is 13.4. The van der Waals surface area contributed by atoms with Crippen LogP contribution in [0.1, 0.15) is 30.9 Å². The Kier molecular flexibility index (Phi) is 6.52. The van der Waals surface area contributed by atoms with Crippen LogP contribution in [0.3, 0.4) is 0 Å². The molecule has 0 aliphatic rings. The molecule has 1 aromatic rings. The molecule has 0 spiro atoms. The molecule has 1 unspecified atom stereocenters. The quantitative estimate of drug-likeness (QED) is 0.797. The first kappa shape index (κ1) is 16.2. The van der Waals surface area contributed by atoms with Gasteiger partial charge in [-0.2, -0.15) is 0 Å². The minimum Gasteiger partial charge on any atom is -0.396 e. The van der Waals surface area contributed by atoms with Crippen molar-refractivity contribution in [2.24, 2.45) is 5.92 Å². The van der Waals surface area contributed by atoms with E-state index in [9.17, 15) is 13.5 Å². The molecule has 0 aliphatic carbocycles. The smallest absolute Gasteiger partial charge is 0.150 e. The summed E-state index contributed by atoms with van der Waals surface area (Å²) in [7, 11) is -2.95. The van der Waals surface area contributed by atoms with E-state index >= 15 is 0 Å². The van der Waals surface area contributed by atoms with E-state index in [2.05, 4.69) is 6.07 Å². The molecule has 3 nitrogen and oxygen atoms in total. The fourth-order valence-electron chi connectivity index (χ4n) is 2.19. The van der Waals surface area contributed by atoms with E-state index in [1.165, 1.54) is 5.56 Å². The number of hydrogen-bond acceptors (Lipinski definition) is 3. The fraction of sp³-hybridized carbons (Fsp3) is 0.600. The molecular formula is C15H24O3S. The predicted octanol–water partition coefficient (Wildman–Crippen LogP) is 2.36. The predicted molar refractivity (Wildman–Crippen MR) is 79.0 cm³/mol. The maximum atomic E-state index is 11.7. The zero-order chi connectivity index (χ0) is 14.3. The summed E-state index contributed by atoms with van der Waals surface area (Å²) in [6.45, 7) is 3.94. The van der Waals surface area contributed by atoms with Crippen LogP contribution in [-0.2, 0) is 16.3 Å². The van der Waals surface area contributed by atoms with Gasteiger partial charge in [-0.05, 0) is 37.7 Å². The van der Waals surface area contributed by atoms with Crippen LogP contribution in [0.25, 0.3) is 0 Å². The van der Waals surface area contributed by atoms with Crippen LogP contribution in [0.5, 0.6) is 0 Å². The summed E-state index contributed by atoms with van der Waals surface area (Å²) in [4.78, 5) is 0. The van der Waals surface area contributed by atoms with E-state index in [1.54, 1.807) is 0 Å². The second-order valence-electron chi connectivity index (χ2n) is 5.18. The van der Waals surface area contributed by atoms with E-state index in [0.29, 0.717) is 12.8 Å². The van der Waals surface area contributed by atoms with Gasteiger partial charge < -0.3 is 5.11 Å². The van der Waals surface area contributed by atoms with Gasteiger partial charge in [0, 0.05) is 12.4 Å². The summed E-state index contributed by atoms with van der Waals surface area (Å²) in [5, 5.41) is 9.39. The average Bonchev–Trinajstić information content (AvgIpc) is 2.34. The number of aliphatic hydroxyl groups excluding tert-OH is 1. The number of rotatable bonds is 8.